The molecule has 2 aromatic heterocycles. The number of pyridine rings is 1. The molecule has 0 saturated carbocycles. The quantitative estimate of drug-likeness (QED) is 0.575. The monoisotopic (exact) mass is 313 g/mol. The smallest absolute Gasteiger partial charge is 0.293 e. The van der Waals surface area contributed by atoms with Crippen molar-refractivity contribution < 1.29 is 14.4 Å². The number of fused-ring (bicyclic) bond motifs is 1. The summed E-state index contributed by atoms with van der Waals surface area (Å²) in [4.78, 5) is 15.9. The van der Waals surface area contributed by atoms with E-state index in [1.165, 1.54) is 12.1 Å². The molecular formula is C17H16FN3O2. The number of hydroxylamine groups is 1. The van der Waals surface area contributed by atoms with E-state index in [0.29, 0.717) is 13.0 Å². The van der Waals surface area contributed by atoms with Crippen molar-refractivity contribution in [2.24, 2.45) is 0 Å². The summed E-state index contributed by atoms with van der Waals surface area (Å²) in [6.07, 6.45) is 4.14. The zero-order valence-corrected chi connectivity index (χ0v) is 12.6. The van der Waals surface area contributed by atoms with Gasteiger partial charge in [-0.25, -0.2) is 14.9 Å². The molecule has 0 aliphatic carbocycles. The summed E-state index contributed by atoms with van der Waals surface area (Å²) in [5, 5.41) is 9.75. The highest BCUT2D eigenvalue weighted by atomic mass is 19.1. The molecule has 0 fully saturated rings. The van der Waals surface area contributed by atoms with Crippen molar-refractivity contribution >= 4 is 16.8 Å². The fourth-order valence-electron chi connectivity index (χ4n) is 2.75. The van der Waals surface area contributed by atoms with E-state index in [4.69, 9.17) is 5.21 Å². The van der Waals surface area contributed by atoms with E-state index in [9.17, 15) is 9.18 Å². The van der Waals surface area contributed by atoms with E-state index in [1.807, 2.05) is 23.8 Å². The number of aryl methyl sites for hydroxylation is 1. The Bertz CT molecular complexity index is 856. The Hall–Kier alpha value is -2.73. The highest BCUT2D eigenvalue weighted by molar-refractivity contribution is 5.98. The number of nitrogens with zero attached hydrogens (tertiary/aromatic N) is 2. The minimum Gasteiger partial charge on any atom is -0.342 e. The predicted molar refractivity (Wildman–Crippen MR) is 83.9 cm³/mol. The van der Waals surface area contributed by atoms with Crippen LogP contribution in [0.5, 0.6) is 0 Å². The Morgan fingerprint density at radius 1 is 1.30 bits per heavy atom. The maximum absolute atomic E-state index is 13.0. The third-order valence-electron chi connectivity index (χ3n) is 3.87. The molecule has 0 unspecified atom stereocenters. The molecular weight excluding hydrogens is 297 g/mol. The summed E-state index contributed by atoms with van der Waals surface area (Å²) < 4.78 is 15.0. The van der Waals surface area contributed by atoms with Crippen molar-refractivity contribution in [1.82, 2.24) is 15.0 Å². The molecule has 0 atom stereocenters. The lowest BCUT2D eigenvalue weighted by atomic mass is 10.1. The van der Waals surface area contributed by atoms with Gasteiger partial charge in [-0.15, -0.1) is 0 Å². The van der Waals surface area contributed by atoms with Gasteiger partial charge >= 0.3 is 0 Å². The van der Waals surface area contributed by atoms with Gasteiger partial charge in [0.15, 0.2) is 0 Å². The molecule has 3 rings (SSSR count). The number of hydrogen-bond acceptors (Lipinski definition) is 3. The van der Waals surface area contributed by atoms with Gasteiger partial charge in [-0.2, -0.15) is 0 Å². The number of nitrogens with one attached hydrogen (secondary N) is 1. The molecule has 1 amide bonds. The molecule has 0 radical (unpaired) electrons. The number of aromatic nitrogens is 2. The Morgan fingerprint density at radius 3 is 2.70 bits per heavy atom. The lowest BCUT2D eigenvalue weighted by Crippen LogP contribution is -2.21. The number of amides is 1. The third kappa shape index (κ3) is 2.80. The van der Waals surface area contributed by atoms with Crippen LogP contribution in [0.1, 0.15) is 28.5 Å². The van der Waals surface area contributed by atoms with Gasteiger partial charge in [0.2, 0.25) is 0 Å². The lowest BCUT2D eigenvalue weighted by molar-refractivity contribution is 0.0700. The van der Waals surface area contributed by atoms with E-state index in [2.05, 4.69) is 4.98 Å². The molecule has 6 heteroatoms. The van der Waals surface area contributed by atoms with Gasteiger partial charge in [0.25, 0.3) is 5.91 Å². The normalized spacial score (nSPS) is 10.9. The van der Waals surface area contributed by atoms with Crippen LogP contribution in [0.4, 0.5) is 4.39 Å². The molecule has 2 heterocycles. The summed E-state index contributed by atoms with van der Waals surface area (Å²) in [7, 11) is 0. The van der Waals surface area contributed by atoms with Gasteiger partial charge in [-0.05, 0) is 35.7 Å². The number of halogens is 1. The molecule has 1 aromatic carbocycles. The summed E-state index contributed by atoms with van der Waals surface area (Å²) in [5.74, 6) is -0.879. The number of rotatable bonds is 4. The second-order valence-corrected chi connectivity index (χ2v) is 5.25. The Balaban J connectivity index is 2.04. The van der Waals surface area contributed by atoms with Crippen LogP contribution in [0.3, 0.4) is 0 Å². The van der Waals surface area contributed by atoms with E-state index < -0.39 is 5.91 Å². The van der Waals surface area contributed by atoms with Gasteiger partial charge in [-0.1, -0.05) is 19.1 Å². The molecule has 0 spiro atoms. The molecule has 23 heavy (non-hydrogen) atoms. The number of benzene rings is 1. The maximum Gasteiger partial charge on any atom is 0.293 e. The molecule has 0 aliphatic rings. The Kier molecular flexibility index (Phi) is 4.08. The standard InChI is InChI=1S/C17H16FN3O2/c1-2-13-14-7-8-21(10-11-3-5-12(18)6-4-11)15(14)9-19-16(13)17(22)20-23/h3-9,23H,2,10H2,1H3,(H,20,22). The van der Waals surface area contributed by atoms with Crippen LogP contribution in [-0.2, 0) is 13.0 Å². The van der Waals surface area contributed by atoms with Gasteiger partial charge in [0.1, 0.15) is 11.5 Å². The molecule has 0 saturated heterocycles. The largest absolute Gasteiger partial charge is 0.342 e. The average molecular weight is 313 g/mol. The molecule has 2 N–H and O–H groups in total. The summed E-state index contributed by atoms with van der Waals surface area (Å²) in [6.45, 7) is 2.52. The fourth-order valence-corrected chi connectivity index (χ4v) is 2.75. The maximum atomic E-state index is 13.0. The Morgan fingerprint density at radius 2 is 2.04 bits per heavy atom. The summed E-state index contributed by atoms with van der Waals surface area (Å²) >= 11 is 0. The van der Waals surface area contributed by atoms with E-state index in [-0.39, 0.29) is 11.5 Å². The van der Waals surface area contributed by atoms with Crippen molar-refractivity contribution in [3.05, 3.63) is 65.4 Å². The predicted octanol–water partition coefficient (Wildman–Crippen LogP) is 2.91. The van der Waals surface area contributed by atoms with Gasteiger partial charge in [0.05, 0.1) is 11.7 Å². The molecule has 118 valence electrons. The lowest BCUT2D eigenvalue weighted by Gasteiger charge is -2.09. The highest BCUT2D eigenvalue weighted by Gasteiger charge is 2.16. The first-order valence-electron chi connectivity index (χ1n) is 7.29. The minimum absolute atomic E-state index is 0.224. The van der Waals surface area contributed by atoms with Gasteiger partial charge < -0.3 is 4.57 Å². The molecule has 0 bridgehead atoms. The van der Waals surface area contributed by atoms with Crippen LogP contribution >= 0.6 is 0 Å². The Labute approximate surface area is 132 Å². The van der Waals surface area contributed by atoms with Crippen LogP contribution in [0.25, 0.3) is 10.9 Å². The van der Waals surface area contributed by atoms with Crippen molar-refractivity contribution in [1.29, 1.82) is 0 Å². The van der Waals surface area contributed by atoms with Crippen LogP contribution in [-0.4, -0.2) is 20.7 Å². The van der Waals surface area contributed by atoms with Gasteiger partial charge in [-0.3, -0.25) is 10.0 Å². The summed E-state index contributed by atoms with van der Waals surface area (Å²) in [6, 6.07) is 8.26. The summed E-state index contributed by atoms with van der Waals surface area (Å²) in [5.41, 5.74) is 4.50. The number of hydrogen-bond donors (Lipinski definition) is 2. The molecule has 5 nitrogen and oxygen atoms in total. The van der Waals surface area contributed by atoms with Crippen LogP contribution in [0, 0.1) is 5.82 Å². The first-order chi connectivity index (χ1) is 11.1. The zero-order chi connectivity index (χ0) is 16.4. The van der Waals surface area contributed by atoms with Gasteiger partial charge in [0, 0.05) is 18.1 Å². The van der Waals surface area contributed by atoms with E-state index in [0.717, 1.165) is 22.0 Å². The topological polar surface area (TPSA) is 67.2 Å². The first-order valence-corrected chi connectivity index (χ1v) is 7.29. The SMILES string of the molecule is CCc1c(C(=O)NO)ncc2c1ccn2Cc1ccc(F)cc1. The van der Waals surface area contributed by atoms with Crippen LogP contribution in [0.2, 0.25) is 0 Å². The highest BCUT2D eigenvalue weighted by Crippen LogP contribution is 2.23. The van der Waals surface area contributed by atoms with Crippen molar-refractivity contribution in [2.45, 2.75) is 19.9 Å². The first kappa shape index (κ1) is 15.2. The van der Waals surface area contributed by atoms with Crippen LogP contribution in [0.15, 0.2) is 42.7 Å². The number of carbonyl (C=O) groups is 1. The minimum atomic E-state index is -0.616. The fraction of sp³-hybridized carbons (Fsp3) is 0.176. The van der Waals surface area contributed by atoms with E-state index in [1.54, 1.807) is 23.8 Å². The molecule has 3 aromatic rings. The second-order valence-electron chi connectivity index (χ2n) is 5.25. The third-order valence-corrected chi connectivity index (χ3v) is 3.87. The number of carbonyl (C=O) groups excluding carboxylic acids is 1. The molecule has 0 aliphatic heterocycles. The van der Waals surface area contributed by atoms with E-state index >= 15 is 0 Å². The average Bonchev–Trinajstić information content (AvgIpc) is 2.98. The van der Waals surface area contributed by atoms with Crippen LogP contribution < -0.4 is 5.48 Å². The van der Waals surface area contributed by atoms with Crippen molar-refractivity contribution in [2.75, 3.05) is 0 Å². The second kappa shape index (κ2) is 6.18. The van der Waals surface area contributed by atoms with Crippen molar-refractivity contribution in [3.8, 4) is 0 Å². The zero-order valence-electron chi connectivity index (χ0n) is 12.6. The van der Waals surface area contributed by atoms with Crippen molar-refractivity contribution in [3.63, 3.8) is 0 Å².